The molecule has 0 radical (unpaired) electrons. The Labute approximate surface area is 365 Å². The van der Waals surface area contributed by atoms with Crippen LogP contribution in [0.15, 0.2) is 231 Å². The van der Waals surface area contributed by atoms with Crippen LogP contribution in [0.1, 0.15) is 17.0 Å². The fourth-order valence-corrected chi connectivity index (χ4v) is 10.4. The van der Waals surface area contributed by atoms with Gasteiger partial charge < -0.3 is 14.0 Å². The topological polar surface area (TPSA) is 26.0 Å². The average molecular weight is 805 g/mol. The molecule has 11 aromatic rings. The predicted octanol–water partition coefficient (Wildman–Crippen LogP) is 14.9. The van der Waals surface area contributed by atoms with Crippen LogP contribution >= 0.6 is 0 Å². The highest BCUT2D eigenvalue weighted by Crippen LogP contribution is 2.54. The van der Waals surface area contributed by atoms with Crippen LogP contribution < -0.4 is 4.90 Å². The Morgan fingerprint density at radius 3 is 1.48 bits per heavy atom. The Hall–Kier alpha value is -8.21. The summed E-state index contributed by atoms with van der Waals surface area (Å²) in [7, 11) is 0. The zero-order chi connectivity index (χ0) is 41.4. The predicted molar refractivity (Wildman–Crippen MR) is 262 cm³/mol. The summed E-state index contributed by atoms with van der Waals surface area (Å²) in [5, 5.41) is 4.95. The molecule has 4 nitrogen and oxygen atoms in total. The van der Waals surface area contributed by atoms with Crippen LogP contribution in [0.2, 0.25) is 0 Å². The first-order chi connectivity index (χ1) is 31.3. The number of pyridine rings is 1. The van der Waals surface area contributed by atoms with Crippen LogP contribution in [0.3, 0.4) is 0 Å². The minimum absolute atomic E-state index is 0.0162. The number of hydrogen-bond acceptors (Lipinski definition) is 2. The van der Waals surface area contributed by atoms with Crippen molar-refractivity contribution < 1.29 is 0 Å². The zero-order valence-corrected chi connectivity index (χ0v) is 34.4. The number of rotatable bonds is 6. The van der Waals surface area contributed by atoms with Crippen molar-refractivity contribution in [2.24, 2.45) is 0 Å². The summed E-state index contributed by atoms with van der Waals surface area (Å²) in [5.74, 6) is 0.930. The largest absolute Gasteiger partial charge is 0.316 e. The van der Waals surface area contributed by atoms with E-state index in [2.05, 4.69) is 245 Å². The van der Waals surface area contributed by atoms with Gasteiger partial charge in [-0.05, 0) is 76.4 Å². The van der Waals surface area contributed by atoms with Crippen molar-refractivity contribution >= 4 is 60.7 Å². The molecule has 63 heavy (non-hydrogen) atoms. The number of benzene rings is 8. The van der Waals surface area contributed by atoms with Crippen molar-refractivity contribution in [3.8, 4) is 33.8 Å². The smallest absolute Gasteiger partial charge is 0.134 e. The van der Waals surface area contributed by atoms with Crippen molar-refractivity contribution in [3.63, 3.8) is 0 Å². The normalized spacial score (nSPS) is 15.6. The van der Waals surface area contributed by atoms with Gasteiger partial charge >= 0.3 is 0 Å². The van der Waals surface area contributed by atoms with Crippen molar-refractivity contribution in [1.82, 2.24) is 14.1 Å². The quantitative estimate of drug-likeness (QED) is 0.167. The first kappa shape index (κ1) is 35.5. The fourth-order valence-electron chi connectivity index (χ4n) is 10.4. The van der Waals surface area contributed by atoms with Crippen LogP contribution in [-0.4, -0.2) is 20.2 Å². The maximum absolute atomic E-state index is 5.64. The van der Waals surface area contributed by atoms with E-state index < -0.39 is 0 Å². The summed E-state index contributed by atoms with van der Waals surface area (Å²) >= 11 is 0. The summed E-state index contributed by atoms with van der Waals surface area (Å²) in [6.07, 6.45) is 7.24. The molecule has 0 N–H and O–H groups in total. The molecule has 0 saturated heterocycles. The molecular formula is C59H40N4. The van der Waals surface area contributed by atoms with Gasteiger partial charge in [0.2, 0.25) is 0 Å². The minimum Gasteiger partial charge on any atom is -0.316 e. The van der Waals surface area contributed by atoms with E-state index in [9.17, 15) is 0 Å². The van der Waals surface area contributed by atoms with Crippen molar-refractivity contribution in [2.45, 2.75) is 12.0 Å². The van der Waals surface area contributed by atoms with E-state index in [4.69, 9.17) is 4.98 Å². The van der Waals surface area contributed by atoms with Crippen molar-refractivity contribution in [3.05, 3.63) is 242 Å². The maximum Gasteiger partial charge on any atom is 0.134 e. The first-order valence-corrected chi connectivity index (χ1v) is 21.8. The molecule has 2 unspecified atom stereocenters. The van der Waals surface area contributed by atoms with Crippen LogP contribution in [0.25, 0.3) is 82.9 Å². The average Bonchev–Trinajstić information content (AvgIpc) is 4.00. The van der Waals surface area contributed by atoms with Gasteiger partial charge in [0.25, 0.3) is 0 Å². The third-order valence-electron chi connectivity index (χ3n) is 13.2. The van der Waals surface area contributed by atoms with Gasteiger partial charge in [-0.1, -0.05) is 182 Å². The zero-order valence-electron chi connectivity index (χ0n) is 34.4. The Bertz CT molecular complexity index is 3470. The molecule has 8 aromatic carbocycles. The van der Waals surface area contributed by atoms with E-state index in [1.807, 2.05) is 0 Å². The standard InChI is InChI=1S/C59H40N4/c1-4-18-39(19-5-1)42-32-33-56-49(34-42)50-37-44(61-52-28-14-10-24-45(52)46-25-11-15-29-53(46)61)38-57(62-54-30-16-12-26-47(54)48-27-13-17-31-55(48)62)59(50)63(56)58-36-43(40-20-6-2-7-21-40)35-51(60-58)41-22-8-3-9-23-41/h1-38,49,56H. The number of para-hydroxylation sites is 4. The SMILES string of the molecule is C1=CC2C(C=C1c1ccccc1)c1cc(-n3c4ccccc4c4ccccc43)cc(-n3c4ccccc4c4ccccc43)c1N2c1cc(-c2ccccc2)cc(-c2ccccc2)n1. The Morgan fingerprint density at radius 1 is 0.413 bits per heavy atom. The highest BCUT2D eigenvalue weighted by molar-refractivity contribution is 6.11. The van der Waals surface area contributed by atoms with Crippen LogP contribution in [0.5, 0.6) is 0 Å². The second-order valence-corrected chi connectivity index (χ2v) is 16.7. The van der Waals surface area contributed by atoms with E-state index in [0.717, 1.165) is 45.3 Å². The van der Waals surface area contributed by atoms with Crippen molar-refractivity contribution in [2.75, 3.05) is 4.90 Å². The molecule has 13 rings (SSSR count). The molecule has 4 heterocycles. The van der Waals surface area contributed by atoms with E-state index >= 15 is 0 Å². The molecule has 2 aliphatic rings. The lowest BCUT2D eigenvalue weighted by Gasteiger charge is -2.30. The Balaban J connectivity index is 1.17. The molecule has 1 aliphatic carbocycles. The molecule has 3 aromatic heterocycles. The molecule has 2 atom stereocenters. The number of anilines is 2. The molecule has 0 fully saturated rings. The van der Waals surface area contributed by atoms with E-state index in [1.165, 1.54) is 60.3 Å². The second-order valence-electron chi connectivity index (χ2n) is 16.7. The minimum atomic E-state index is -0.0464. The number of fused-ring (bicyclic) bond motifs is 9. The molecule has 0 amide bonds. The number of hydrogen-bond donors (Lipinski definition) is 0. The molecule has 4 heteroatoms. The molecule has 296 valence electrons. The fraction of sp³-hybridized carbons (Fsp3) is 0.0339. The Kier molecular flexibility index (Phi) is 8.00. The summed E-state index contributed by atoms with van der Waals surface area (Å²) in [5.41, 5.74) is 16.1. The molecule has 1 aliphatic heterocycles. The van der Waals surface area contributed by atoms with Gasteiger partial charge in [-0.25, -0.2) is 4.98 Å². The second kappa shape index (κ2) is 14.2. The van der Waals surface area contributed by atoms with Gasteiger partial charge in [0.15, 0.2) is 0 Å². The van der Waals surface area contributed by atoms with Gasteiger partial charge in [0, 0.05) is 38.7 Å². The summed E-state index contributed by atoms with van der Waals surface area (Å²) in [6, 6.07) is 76.9. The summed E-state index contributed by atoms with van der Waals surface area (Å²) in [6.45, 7) is 0. The van der Waals surface area contributed by atoms with E-state index in [0.29, 0.717) is 0 Å². The monoisotopic (exact) mass is 804 g/mol. The summed E-state index contributed by atoms with van der Waals surface area (Å²) in [4.78, 5) is 8.18. The van der Waals surface area contributed by atoms with E-state index in [1.54, 1.807) is 0 Å². The van der Waals surface area contributed by atoms with Gasteiger partial charge in [-0.3, -0.25) is 0 Å². The van der Waals surface area contributed by atoms with Crippen LogP contribution in [-0.2, 0) is 0 Å². The van der Waals surface area contributed by atoms with Crippen molar-refractivity contribution in [1.29, 1.82) is 0 Å². The number of aromatic nitrogens is 3. The lowest BCUT2D eigenvalue weighted by Crippen LogP contribution is -2.30. The third kappa shape index (κ3) is 5.58. The summed E-state index contributed by atoms with van der Waals surface area (Å²) < 4.78 is 4.98. The first-order valence-electron chi connectivity index (χ1n) is 21.8. The number of allylic oxidation sites excluding steroid dienone is 2. The van der Waals surface area contributed by atoms with Gasteiger partial charge in [-0.15, -0.1) is 0 Å². The number of nitrogens with zero attached hydrogens (tertiary/aromatic N) is 4. The molecule has 0 saturated carbocycles. The molecular weight excluding hydrogens is 765 g/mol. The molecule has 0 spiro atoms. The van der Waals surface area contributed by atoms with Gasteiger partial charge in [-0.2, -0.15) is 0 Å². The van der Waals surface area contributed by atoms with Gasteiger partial charge in [0.05, 0.1) is 45.2 Å². The molecule has 0 bridgehead atoms. The Morgan fingerprint density at radius 2 is 0.905 bits per heavy atom. The van der Waals surface area contributed by atoms with Gasteiger partial charge in [0.1, 0.15) is 5.82 Å². The highest BCUT2D eigenvalue weighted by Gasteiger charge is 2.42. The third-order valence-corrected chi connectivity index (χ3v) is 13.2. The lowest BCUT2D eigenvalue weighted by atomic mass is 9.86. The van der Waals surface area contributed by atoms with Crippen LogP contribution in [0.4, 0.5) is 11.5 Å². The highest BCUT2D eigenvalue weighted by atomic mass is 15.3. The lowest BCUT2D eigenvalue weighted by molar-refractivity contribution is 0.740. The van der Waals surface area contributed by atoms with E-state index in [-0.39, 0.29) is 12.0 Å². The van der Waals surface area contributed by atoms with Crippen LogP contribution in [0, 0.1) is 0 Å². The maximum atomic E-state index is 5.64.